The number of amides is 1. The lowest BCUT2D eigenvalue weighted by atomic mass is 10.1. The Balaban J connectivity index is 3.90. The van der Waals surface area contributed by atoms with Crippen LogP contribution in [0.4, 0.5) is 4.79 Å². The van der Waals surface area contributed by atoms with Crippen molar-refractivity contribution >= 4 is 12.1 Å². The first-order valence-corrected chi connectivity index (χ1v) is 5.48. The molecule has 0 fully saturated rings. The van der Waals surface area contributed by atoms with Crippen molar-refractivity contribution in [2.24, 2.45) is 5.92 Å². The van der Waals surface area contributed by atoms with Crippen LogP contribution < -0.4 is 5.48 Å². The Bertz CT molecular complexity index is 259. The van der Waals surface area contributed by atoms with Gasteiger partial charge in [0.05, 0.1) is 19.6 Å². The first-order chi connectivity index (χ1) is 7.80. The van der Waals surface area contributed by atoms with E-state index in [9.17, 15) is 9.59 Å². The van der Waals surface area contributed by atoms with Gasteiger partial charge in [-0.1, -0.05) is 6.92 Å². The fraction of sp³-hybridized carbons (Fsp3) is 0.818. The second-order valence-corrected chi connectivity index (χ2v) is 4.54. The van der Waals surface area contributed by atoms with Crippen molar-refractivity contribution in [3.63, 3.8) is 0 Å². The number of ether oxygens (including phenoxy) is 2. The van der Waals surface area contributed by atoms with Crippen LogP contribution in [0.1, 0.15) is 34.1 Å². The molecule has 0 saturated heterocycles. The summed E-state index contributed by atoms with van der Waals surface area (Å²) in [4.78, 5) is 27.3. The molecule has 0 spiro atoms. The fourth-order valence-electron chi connectivity index (χ4n) is 1.02. The van der Waals surface area contributed by atoms with Crippen molar-refractivity contribution in [1.29, 1.82) is 0 Å². The van der Waals surface area contributed by atoms with Gasteiger partial charge in [0.2, 0.25) is 0 Å². The van der Waals surface area contributed by atoms with Gasteiger partial charge in [-0.3, -0.25) is 9.63 Å². The Labute approximate surface area is 102 Å². The predicted molar refractivity (Wildman–Crippen MR) is 61.1 cm³/mol. The number of carbonyl (C=O) groups excluding carboxylic acids is 2. The molecule has 0 bridgehead atoms. The highest BCUT2D eigenvalue weighted by Crippen LogP contribution is 2.07. The van der Waals surface area contributed by atoms with Gasteiger partial charge in [0.25, 0.3) is 0 Å². The summed E-state index contributed by atoms with van der Waals surface area (Å²) in [6.45, 7) is 7.13. The quantitative estimate of drug-likeness (QED) is 0.590. The predicted octanol–water partition coefficient (Wildman–Crippen LogP) is 1.64. The number of rotatable bonds is 5. The normalized spacial score (nSPS) is 12.8. The second kappa shape index (κ2) is 7.11. The van der Waals surface area contributed by atoms with Crippen LogP contribution in [0.5, 0.6) is 0 Å². The minimum atomic E-state index is -0.683. The van der Waals surface area contributed by atoms with Gasteiger partial charge in [-0.15, -0.1) is 0 Å². The molecule has 0 aliphatic carbocycles. The van der Waals surface area contributed by atoms with E-state index in [4.69, 9.17) is 9.57 Å². The number of hydrogen-bond acceptors (Lipinski definition) is 5. The maximum Gasteiger partial charge on any atom is 0.431 e. The molecule has 6 nitrogen and oxygen atoms in total. The largest absolute Gasteiger partial charge is 0.469 e. The zero-order valence-electron chi connectivity index (χ0n) is 11.0. The summed E-state index contributed by atoms with van der Waals surface area (Å²) in [7, 11) is 1.31. The molecule has 0 aliphatic rings. The molecule has 0 aliphatic heterocycles. The number of esters is 1. The third-order valence-corrected chi connectivity index (χ3v) is 1.87. The van der Waals surface area contributed by atoms with Crippen molar-refractivity contribution in [3.8, 4) is 0 Å². The summed E-state index contributed by atoms with van der Waals surface area (Å²) >= 11 is 0. The maximum absolute atomic E-state index is 11.2. The molecule has 1 N–H and O–H groups in total. The van der Waals surface area contributed by atoms with Crippen LogP contribution in [0.2, 0.25) is 0 Å². The second-order valence-electron chi connectivity index (χ2n) is 4.54. The summed E-state index contributed by atoms with van der Waals surface area (Å²) in [6.07, 6.45) is -0.111. The highest BCUT2D eigenvalue weighted by molar-refractivity contribution is 5.72. The summed E-state index contributed by atoms with van der Waals surface area (Å²) in [5.74, 6) is -0.756. The van der Waals surface area contributed by atoms with Crippen molar-refractivity contribution in [2.45, 2.75) is 39.7 Å². The van der Waals surface area contributed by atoms with Gasteiger partial charge < -0.3 is 9.47 Å². The maximum atomic E-state index is 11.2. The molecule has 0 aromatic carbocycles. The van der Waals surface area contributed by atoms with Gasteiger partial charge in [-0.05, 0) is 27.2 Å². The summed E-state index contributed by atoms with van der Waals surface area (Å²) in [5, 5.41) is 0. The molecule has 1 amide bonds. The van der Waals surface area contributed by atoms with Gasteiger partial charge in [0.15, 0.2) is 0 Å². The van der Waals surface area contributed by atoms with Crippen molar-refractivity contribution in [3.05, 3.63) is 0 Å². The molecule has 100 valence electrons. The molecule has 0 heterocycles. The first kappa shape index (κ1) is 15.7. The fourth-order valence-corrected chi connectivity index (χ4v) is 1.02. The zero-order valence-corrected chi connectivity index (χ0v) is 11.0. The van der Waals surface area contributed by atoms with E-state index >= 15 is 0 Å². The van der Waals surface area contributed by atoms with Crippen molar-refractivity contribution in [2.75, 3.05) is 13.7 Å². The molecule has 0 aromatic rings. The van der Waals surface area contributed by atoms with E-state index < -0.39 is 17.6 Å². The number of nitrogens with one attached hydrogen (secondary N) is 1. The van der Waals surface area contributed by atoms with Crippen LogP contribution in [0.25, 0.3) is 0 Å². The Kier molecular flexibility index (Phi) is 6.57. The van der Waals surface area contributed by atoms with Crippen LogP contribution in [0.15, 0.2) is 0 Å². The summed E-state index contributed by atoms with van der Waals surface area (Å²) < 4.78 is 9.53. The zero-order chi connectivity index (χ0) is 13.5. The minimum absolute atomic E-state index is 0.0580. The number of methoxy groups -OCH3 is 1. The van der Waals surface area contributed by atoms with Crippen LogP contribution in [-0.2, 0) is 19.1 Å². The minimum Gasteiger partial charge on any atom is -0.469 e. The van der Waals surface area contributed by atoms with E-state index in [1.54, 1.807) is 20.8 Å². The monoisotopic (exact) mass is 247 g/mol. The van der Waals surface area contributed by atoms with Crippen LogP contribution >= 0.6 is 0 Å². The average molecular weight is 247 g/mol. The van der Waals surface area contributed by atoms with Crippen LogP contribution in [0, 0.1) is 5.92 Å². The van der Waals surface area contributed by atoms with E-state index in [1.165, 1.54) is 7.11 Å². The molecule has 0 aromatic heterocycles. The number of hydrogen-bond donors (Lipinski definition) is 1. The lowest BCUT2D eigenvalue weighted by molar-refractivity contribution is -0.149. The Morgan fingerprint density at radius 2 is 1.88 bits per heavy atom. The van der Waals surface area contributed by atoms with E-state index in [0.29, 0.717) is 6.42 Å². The standard InChI is InChI=1S/C11H21NO5/c1-6-8(9(13)15-5)7-16-12-10(14)17-11(2,3)4/h8H,6-7H2,1-5H3,(H,12,14). The summed E-state index contributed by atoms with van der Waals surface area (Å²) in [5.41, 5.74) is 1.53. The lowest BCUT2D eigenvalue weighted by Crippen LogP contribution is -2.34. The molecular formula is C11H21NO5. The van der Waals surface area contributed by atoms with Crippen molar-refractivity contribution in [1.82, 2.24) is 5.48 Å². The van der Waals surface area contributed by atoms with Crippen LogP contribution in [0.3, 0.4) is 0 Å². The van der Waals surface area contributed by atoms with Gasteiger partial charge in [0.1, 0.15) is 5.60 Å². The lowest BCUT2D eigenvalue weighted by Gasteiger charge is -2.20. The van der Waals surface area contributed by atoms with Gasteiger partial charge in [-0.2, -0.15) is 5.48 Å². The summed E-state index contributed by atoms with van der Waals surface area (Å²) in [6, 6.07) is 0. The highest BCUT2D eigenvalue weighted by atomic mass is 16.7. The van der Waals surface area contributed by atoms with E-state index in [0.717, 1.165) is 0 Å². The smallest absolute Gasteiger partial charge is 0.431 e. The van der Waals surface area contributed by atoms with E-state index in [1.807, 2.05) is 6.92 Å². The van der Waals surface area contributed by atoms with Crippen LogP contribution in [-0.4, -0.2) is 31.4 Å². The Hall–Kier alpha value is -1.30. The Morgan fingerprint density at radius 3 is 2.29 bits per heavy atom. The third kappa shape index (κ3) is 7.57. The van der Waals surface area contributed by atoms with Gasteiger partial charge in [-0.25, -0.2) is 4.79 Å². The third-order valence-electron chi connectivity index (χ3n) is 1.87. The average Bonchev–Trinajstić information content (AvgIpc) is 2.21. The van der Waals surface area contributed by atoms with Gasteiger partial charge >= 0.3 is 12.1 Å². The molecule has 1 unspecified atom stereocenters. The van der Waals surface area contributed by atoms with E-state index in [-0.39, 0.29) is 12.6 Å². The molecular weight excluding hydrogens is 226 g/mol. The van der Waals surface area contributed by atoms with E-state index in [2.05, 4.69) is 10.2 Å². The molecule has 0 radical (unpaired) electrons. The first-order valence-electron chi connectivity index (χ1n) is 5.48. The molecule has 0 saturated carbocycles. The topological polar surface area (TPSA) is 73.9 Å². The number of hydroxylamine groups is 1. The molecule has 17 heavy (non-hydrogen) atoms. The van der Waals surface area contributed by atoms with Crippen molar-refractivity contribution < 1.29 is 23.9 Å². The molecule has 6 heteroatoms. The molecule has 1 atom stereocenters. The molecule has 0 rings (SSSR count). The SMILES string of the molecule is CCC(CONC(=O)OC(C)(C)C)C(=O)OC. The highest BCUT2D eigenvalue weighted by Gasteiger charge is 2.19. The number of carbonyl (C=O) groups is 2. The van der Waals surface area contributed by atoms with Gasteiger partial charge in [0, 0.05) is 0 Å². The Morgan fingerprint density at radius 1 is 1.29 bits per heavy atom.